The molecule has 11 nitrogen and oxygen atoms in total. The Hall–Kier alpha value is -2.91. The summed E-state index contributed by atoms with van der Waals surface area (Å²) in [6.07, 6.45) is 3.60. The smallest absolute Gasteiger partial charge is 0.307 e. The fourth-order valence-electron chi connectivity index (χ4n) is 5.20. The number of nitrogens with two attached hydrogens (primary N) is 1. The van der Waals surface area contributed by atoms with Gasteiger partial charge in [0, 0.05) is 29.7 Å². The van der Waals surface area contributed by atoms with E-state index in [4.69, 9.17) is 10.3 Å². The zero-order valence-corrected chi connectivity index (χ0v) is 21.4. The van der Waals surface area contributed by atoms with Gasteiger partial charge in [0.05, 0.1) is 12.5 Å². The normalized spacial score (nSPS) is 24.1. The zero-order chi connectivity index (χ0) is 26.3. The summed E-state index contributed by atoms with van der Waals surface area (Å²) in [7, 11) is -7.52. The van der Waals surface area contributed by atoms with Gasteiger partial charge < -0.3 is 5.32 Å². The van der Waals surface area contributed by atoms with Crippen molar-refractivity contribution in [2.24, 2.45) is 5.73 Å². The molecule has 0 spiro atoms. The maximum absolute atomic E-state index is 14.6. The van der Waals surface area contributed by atoms with E-state index in [2.05, 4.69) is 20.7 Å². The van der Waals surface area contributed by atoms with Crippen LogP contribution in [-0.2, 0) is 25.9 Å². The van der Waals surface area contributed by atoms with Crippen LogP contribution in [0.3, 0.4) is 0 Å². The molecule has 4 aromatic rings. The summed E-state index contributed by atoms with van der Waals surface area (Å²) >= 11 is 0. The summed E-state index contributed by atoms with van der Waals surface area (Å²) in [6, 6.07) is 8.35. The summed E-state index contributed by atoms with van der Waals surface area (Å²) in [5, 5.41) is 16.0. The molecule has 1 saturated carbocycles. The Balaban J connectivity index is 0.000000489. The van der Waals surface area contributed by atoms with Gasteiger partial charge in [-0.25, -0.2) is 4.39 Å². The van der Waals surface area contributed by atoms with Crippen LogP contribution in [0.15, 0.2) is 36.5 Å². The third-order valence-electron chi connectivity index (χ3n) is 6.77. The first-order valence-corrected chi connectivity index (χ1v) is 14.5. The highest BCUT2D eigenvalue weighted by molar-refractivity contribution is 7.91. The van der Waals surface area contributed by atoms with E-state index in [9.17, 15) is 21.2 Å². The Labute approximate surface area is 207 Å². The number of hydrogen-bond acceptors (Lipinski definition) is 8. The Bertz CT molecular complexity index is 1680. The van der Waals surface area contributed by atoms with Crippen molar-refractivity contribution in [3.8, 4) is 0 Å². The molecule has 14 heteroatoms. The number of sulfonamides is 1. The van der Waals surface area contributed by atoms with Crippen LogP contribution in [0.5, 0.6) is 0 Å². The van der Waals surface area contributed by atoms with Crippen LogP contribution in [0.2, 0.25) is 0 Å². The molecule has 1 aliphatic carbocycles. The number of hydrogen-bond donors (Lipinski definition) is 4. The number of aromatic nitrogens is 3. The standard InChI is InChI=1S/C21H22FN6O2S.CH4O3S/c1-11(2)31(29,30)28(14-4-5-14)18-9-13-8-16(12-3-6-17(22)15(13)7-12)20(18)25-21(28,23)19-10-24-27-26-19;1-5(2,3)4/h3,6-11,14,25H,4-5,23H2,1-2H3,(H,24,26,27);1H3,(H,2,3,4)/q+1;. The molecule has 1 aliphatic heterocycles. The third kappa shape index (κ3) is 3.39. The molecule has 5 N–H and O–H groups in total. The molecule has 2 aliphatic rings. The number of benzene rings is 3. The van der Waals surface area contributed by atoms with E-state index in [0.29, 0.717) is 46.9 Å². The number of H-pyrrole nitrogens is 1. The summed E-state index contributed by atoms with van der Waals surface area (Å²) in [5.41, 5.74) is 8.51. The molecule has 4 bridgehead atoms. The summed E-state index contributed by atoms with van der Waals surface area (Å²) in [6.45, 7) is 3.33. The molecule has 0 amide bonds. The third-order valence-corrected chi connectivity index (χ3v) is 9.54. The number of quaternary nitrogens is 1. The van der Waals surface area contributed by atoms with Crippen molar-refractivity contribution in [2.75, 3.05) is 11.6 Å². The second-order valence-corrected chi connectivity index (χ2v) is 13.6. The molecule has 1 aromatic heterocycles. The average molecular weight is 538 g/mol. The Kier molecular flexibility index (Phi) is 5.36. The van der Waals surface area contributed by atoms with Gasteiger partial charge in [0.1, 0.15) is 22.8 Å². The van der Waals surface area contributed by atoms with Crippen molar-refractivity contribution in [3.05, 3.63) is 48.0 Å². The van der Waals surface area contributed by atoms with Crippen molar-refractivity contribution in [2.45, 2.75) is 43.8 Å². The minimum Gasteiger partial charge on any atom is -0.308 e. The molecule has 2 atom stereocenters. The van der Waals surface area contributed by atoms with Crippen LogP contribution in [0, 0.1) is 5.82 Å². The molecule has 0 saturated heterocycles. The summed E-state index contributed by atoms with van der Waals surface area (Å²) in [5.74, 6) is -1.92. The van der Waals surface area contributed by atoms with Gasteiger partial charge in [-0.05, 0) is 42.8 Å². The predicted octanol–water partition coefficient (Wildman–Crippen LogP) is 2.59. The van der Waals surface area contributed by atoms with Gasteiger partial charge in [-0.1, -0.05) is 6.07 Å². The van der Waals surface area contributed by atoms with E-state index in [1.807, 2.05) is 6.07 Å². The first kappa shape index (κ1) is 24.8. The second-order valence-electron chi connectivity index (χ2n) is 9.55. The number of fused-ring (bicyclic) bond motifs is 8. The topological polar surface area (TPSA) is 168 Å². The quantitative estimate of drug-likeness (QED) is 0.226. The SMILES string of the molecule is CC(C)S(=O)(=O)[N+]1(C2CC2)c2cc3cc(c2NC1(N)c1cn[nH]n1)c1ccc(F)c3c1.CS(=O)(=O)O. The second kappa shape index (κ2) is 7.79. The molecule has 3 aromatic carbocycles. The molecule has 36 heavy (non-hydrogen) atoms. The van der Waals surface area contributed by atoms with Crippen LogP contribution >= 0.6 is 0 Å². The lowest BCUT2D eigenvalue weighted by molar-refractivity contribution is 0.227. The van der Waals surface area contributed by atoms with Crippen molar-refractivity contribution in [1.29, 1.82) is 0 Å². The van der Waals surface area contributed by atoms with Gasteiger partial charge in [0.2, 0.25) is 0 Å². The summed E-state index contributed by atoms with van der Waals surface area (Å²) in [4.78, 5) is 0. The maximum Gasteiger partial charge on any atom is 0.307 e. The van der Waals surface area contributed by atoms with Crippen molar-refractivity contribution < 1.29 is 25.8 Å². The lowest BCUT2D eigenvalue weighted by Crippen LogP contribution is -2.73. The number of rotatable bonds is 4. The number of nitrogens with one attached hydrogen (secondary N) is 2. The van der Waals surface area contributed by atoms with E-state index in [-0.39, 0.29) is 11.9 Å². The number of nitrogens with zero attached hydrogens (tertiary/aromatic N) is 3. The van der Waals surface area contributed by atoms with E-state index in [1.54, 1.807) is 32.0 Å². The zero-order valence-electron chi connectivity index (χ0n) is 19.7. The lowest BCUT2D eigenvalue weighted by Gasteiger charge is -2.43. The van der Waals surface area contributed by atoms with Crippen LogP contribution in [-0.4, -0.2) is 54.3 Å². The minimum atomic E-state index is -3.86. The van der Waals surface area contributed by atoms with Crippen LogP contribution < -0.4 is 14.9 Å². The van der Waals surface area contributed by atoms with Gasteiger partial charge in [0.15, 0.2) is 11.4 Å². The molecule has 192 valence electrons. The maximum atomic E-state index is 14.6. The highest BCUT2D eigenvalue weighted by atomic mass is 32.2. The van der Waals surface area contributed by atoms with Crippen LogP contribution in [0.1, 0.15) is 32.4 Å². The van der Waals surface area contributed by atoms with Crippen molar-refractivity contribution in [3.63, 3.8) is 0 Å². The molecule has 2 heterocycles. The highest BCUT2D eigenvalue weighted by Gasteiger charge is 2.73. The number of halogens is 1. The van der Waals surface area contributed by atoms with Gasteiger partial charge in [-0.3, -0.25) is 10.3 Å². The molecule has 6 rings (SSSR count). The summed E-state index contributed by atoms with van der Waals surface area (Å²) < 4.78 is 68.2. The predicted molar refractivity (Wildman–Crippen MR) is 135 cm³/mol. The molecular weight excluding hydrogens is 511 g/mol. The van der Waals surface area contributed by atoms with Crippen molar-refractivity contribution in [1.82, 2.24) is 19.3 Å². The Morgan fingerprint density at radius 1 is 1.14 bits per heavy atom. The lowest BCUT2D eigenvalue weighted by atomic mass is 9.98. The van der Waals surface area contributed by atoms with Gasteiger partial charge in [0.25, 0.3) is 15.9 Å². The van der Waals surface area contributed by atoms with E-state index < -0.39 is 35.1 Å². The average Bonchev–Trinajstić information content (AvgIpc) is 3.36. The van der Waals surface area contributed by atoms with E-state index >= 15 is 0 Å². The molecule has 0 radical (unpaired) electrons. The fourth-order valence-corrected chi connectivity index (χ4v) is 7.45. The van der Waals surface area contributed by atoms with Gasteiger partial charge >= 0.3 is 10.0 Å². The highest BCUT2D eigenvalue weighted by Crippen LogP contribution is 2.59. The van der Waals surface area contributed by atoms with E-state index in [0.717, 1.165) is 10.8 Å². The minimum absolute atomic E-state index is 0.242. The monoisotopic (exact) mass is 537 g/mol. The van der Waals surface area contributed by atoms with Crippen LogP contribution in [0.25, 0.3) is 21.5 Å². The number of anilines is 1. The first-order valence-electron chi connectivity index (χ1n) is 11.2. The molecule has 1 fully saturated rings. The van der Waals surface area contributed by atoms with E-state index in [1.165, 1.54) is 12.3 Å². The molecule has 2 unspecified atom stereocenters. The molecular formula is C22H26FN6O5S2+. The van der Waals surface area contributed by atoms with Crippen LogP contribution in [0.4, 0.5) is 15.8 Å². The van der Waals surface area contributed by atoms with Gasteiger partial charge in [-0.15, -0.1) is 3.89 Å². The Morgan fingerprint density at radius 3 is 2.33 bits per heavy atom. The number of aromatic amines is 1. The largest absolute Gasteiger partial charge is 0.308 e. The fraction of sp³-hybridized carbons (Fsp3) is 0.364. The van der Waals surface area contributed by atoms with Gasteiger partial charge in [-0.2, -0.15) is 32.2 Å². The first-order chi connectivity index (χ1) is 16.7. The van der Waals surface area contributed by atoms with Crippen molar-refractivity contribution >= 4 is 53.1 Å². The Morgan fingerprint density at radius 2 is 1.78 bits per heavy atom.